The van der Waals surface area contributed by atoms with Gasteiger partial charge in [0.25, 0.3) is 5.89 Å². The Kier molecular flexibility index (Phi) is 4.70. The molecule has 0 bridgehead atoms. The van der Waals surface area contributed by atoms with Crippen LogP contribution in [0.15, 0.2) is 28.7 Å². The molecule has 20 heavy (non-hydrogen) atoms. The lowest BCUT2D eigenvalue weighted by atomic mass is 10.2. The van der Waals surface area contributed by atoms with Gasteiger partial charge in [-0.2, -0.15) is 0 Å². The third kappa shape index (κ3) is 3.34. The molecule has 0 aliphatic carbocycles. The van der Waals surface area contributed by atoms with Gasteiger partial charge in [-0.05, 0) is 18.6 Å². The van der Waals surface area contributed by atoms with Crippen LogP contribution in [0.5, 0.6) is 5.75 Å². The molecule has 6 nitrogen and oxygen atoms in total. The van der Waals surface area contributed by atoms with Gasteiger partial charge >= 0.3 is 6.01 Å². The molecule has 0 radical (unpaired) electrons. The van der Waals surface area contributed by atoms with Gasteiger partial charge in [0.2, 0.25) is 5.91 Å². The van der Waals surface area contributed by atoms with Crippen LogP contribution in [-0.4, -0.2) is 23.2 Å². The summed E-state index contributed by atoms with van der Waals surface area (Å²) in [6.07, 6.45) is 2.24. The van der Waals surface area contributed by atoms with Crippen molar-refractivity contribution in [2.75, 3.05) is 12.4 Å². The smallest absolute Gasteiger partial charge is 0.322 e. The lowest BCUT2D eigenvalue weighted by Gasteiger charge is -2.03. The number of amides is 1. The predicted octanol–water partition coefficient (Wildman–Crippen LogP) is 2.87. The highest BCUT2D eigenvalue weighted by molar-refractivity contribution is 5.88. The summed E-state index contributed by atoms with van der Waals surface area (Å²) in [6.45, 7) is 2.03. The molecular formula is C14H17N3O3. The van der Waals surface area contributed by atoms with Crippen LogP contribution >= 0.6 is 0 Å². The first-order valence-electron chi connectivity index (χ1n) is 6.51. The molecule has 0 saturated carbocycles. The van der Waals surface area contributed by atoms with E-state index >= 15 is 0 Å². The Morgan fingerprint density at radius 2 is 2.15 bits per heavy atom. The lowest BCUT2D eigenvalue weighted by Crippen LogP contribution is -2.11. The van der Waals surface area contributed by atoms with Gasteiger partial charge in [0.15, 0.2) is 0 Å². The van der Waals surface area contributed by atoms with Gasteiger partial charge in [-0.15, -0.1) is 5.10 Å². The minimum absolute atomic E-state index is 0.104. The number of nitrogens with one attached hydrogen (secondary N) is 1. The van der Waals surface area contributed by atoms with Crippen LogP contribution in [0, 0.1) is 0 Å². The van der Waals surface area contributed by atoms with E-state index in [2.05, 4.69) is 15.5 Å². The van der Waals surface area contributed by atoms with Gasteiger partial charge in [0, 0.05) is 6.42 Å². The normalized spacial score (nSPS) is 10.3. The molecule has 0 unspecified atom stereocenters. The molecule has 2 rings (SSSR count). The highest BCUT2D eigenvalue weighted by Gasteiger charge is 2.14. The number of rotatable bonds is 6. The van der Waals surface area contributed by atoms with Crippen molar-refractivity contribution in [2.24, 2.45) is 0 Å². The Morgan fingerprint density at radius 3 is 2.90 bits per heavy atom. The Balaban J connectivity index is 2.10. The molecule has 0 atom stereocenters. The molecule has 6 heteroatoms. The number of ether oxygens (including phenoxy) is 1. The zero-order valence-electron chi connectivity index (χ0n) is 11.5. The van der Waals surface area contributed by atoms with Gasteiger partial charge in [-0.1, -0.05) is 30.6 Å². The Hall–Kier alpha value is -2.37. The van der Waals surface area contributed by atoms with Gasteiger partial charge in [-0.3, -0.25) is 10.1 Å². The van der Waals surface area contributed by atoms with Crippen LogP contribution in [0.1, 0.15) is 26.2 Å². The Morgan fingerprint density at radius 1 is 1.35 bits per heavy atom. The summed E-state index contributed by atoms with van der Waals surface area (Å²) < 4.78 is 10.7. The van der Waals surface area contributed by atoms with Gasteiger partial charge in [0.05, 0.1) is 12.7 Å². The molecule has 0 aliphatic rings. The molecule has 0 fully saturated rings. The average molecular weight is 275 g/mol. The SMILES string of the molecule is CCCCC(=O)Nc1nnc(-c2ccccc2OC)o1. The van der Waals surface area contributed by atoms with E-state index in [9.17, 15) is 4.79 Å². The molecule has 1 heterocycles. The Labute approximate surface area is 117 Å². The number of nitrogens with zero attached hydrogens (tertiary/aromatic N) is 2. The summed E-state index contributed by atoms with van der Waals surface area (Å²) >= 11 is 0. The van der Waals surface area contributed by atoms with Crippen molar-refractivity contribution < 1.29 is 13.9 Å². The van der Waals surface area contributed by atoms with Gasteiger partial charge in [0.1, 0.15) is 5.75 Å². The van der Waals surface area contributed by atoms with Crippen LogP contribution in [0.4, 0.5) is 6.01 Å². The zero-order valence-corrected chi connectivity index (χ0v) is 11.5. The number of hydrogen-bond acceptors (Lipinski definition) is 5. The maximum absolute atomic E-state index is 11.6. The van der Waals surface area contributed by atoms with Crippen molar-refractivity contribution in [1.82, 2.24) is 10.2 Å². The van der Waals surface area contributed by atoms with E-state index in [0.29, 0.717) is 23.6 Å². The van der Waals surface area contributed by atoms with E-state index in [1.165, 1.54) is 0 Å². The first-order valence-corrected chi connectivity index (χ1v) is 6.51. The molecule has 106 valence electrons. The topological polar surface area (TPSA) is 77.2 Å². The van der Waals surface area contributed by atoms with E-state index < -0.39 is 0 Å². The van der Waals surface area contributed by atoms with Crippen molar-refractivity contribution in [3.8, 4) is 17.2 Å². The molecule has 1 amide bonds. The molecule has 0 aliphatic heterocycles. The maximum Gasteiger partial charge on any atom is 0.322 e. The fourth-order valence-corrected chi connectivity index (χ4v) is 1.72. The number of anilines is 1. The number of aromatic nitrogens is 2. The van der Waals surface area contributed by atoms with Crippen LogP contribution in [0.25, 0.3) is 11.5 Å². The largest absolute Gasteiger partial charge is 0.496 e. The number of methoxy groups -OCH3 is 1. The quantitative estimate of drug-likeness (QED) is 0.877. The zero-order chi connectivity index (χ0) is 14.4. The highest BCUT2D eigenvalue weighted by atomic mass is 16.5. The van der Waals surface area contributed by atoms with Crippen LogP contribution in [-0.2, 0) is 4.79 Å². The molecule has 2 aromatic rings. The number of carbonyl (C=O) groups excluding carboxylic acids is 1. The highest BCUT2D eigenvalue weighted by Crippen LogP contribution is 2.29. The molecule has 0 saturated heterocycles. The number of unbranched alkanes of at least 4 members (excludes halogenated alkanes) is 1. The van der Waals surface area contributed by atoms with E-state index in [0.717, 1.165) is 12.8 Å². The molecule has 1 aromatic heterocycles. The van der Waals surface area contributed by atoms with Crippen molar-refractivity contribution in [3.05, 3.63) is 24.3 Å². The second kappa shape index (κ2) is 6.70. The Bertz CT molecular complexity index is 581. The number of benzene rings is 1. The second-order valence-electron chi connectivity index (χ2n) is 4.26. The number of para-hydroxylation sites is 1. The number of carbonyl (C=O) groups is 1. The first-order chi connectivity index (χ1) is 9.74. The van der Waals surface area contributed by atoms with Crippen molar-refractivity contribution in [3.63, 3.8) is 0 Å². The summed E-state index contributed by atoms with van der Waals surface area (Å²) in [5.74, 6) is 0.829. The van der Waals surface area contributed by atoms with Crippen molar-refractivity contribution in [1.29, 1.82) is 0 Å². The lowest BCUT2D eigenvalue weighted by molar-refractivity contribution is -0.116. The number of hydrogen-bond donors (Lipinski definition) is 1. The summed E-state index contributed by atoms with van der Waals surface area (Å²) in [5, 5.41) is 10.3. The van der Waals surface area contributed by atoms with Crippen LogP contribution in [0.3, 0.4) is 0 Å². The monoisotopic (exact) mass is 275 g/mol. The minimum atomic E-state index is -0.123. The summed E-state index contributed by atoms with van der Waals surface area (Å²) in [7, 11) is 1.57. The summed E-state index contributed by atoms with van der Waals surface area (Å²) in [4.78, 5) is 11.6. The van der Waals surface area contributed by atoms with Crippen molar-refractivity contribution in [2.45, 2.75) is 26.2 Å². The summed E-state index contributed by atoms with van der Waals surface area (Å²) in [6, 6.07) is 7.42. The fraction of sp³-hybridized carbons (Fsp3) is 0.357. The fourth-order valence-electron chi connectivity index (χ4n) is 1.72. The van der Waals surface area contributed by atoms with Gasteiger partial charge in [-0.25, -0.2) is 0 Å². The van der Waals surface area contributed by atoms with Crippen molar-refractivity contribution >= 4 is 11.9 Å². The van der Waals surface area contributed by atoms with Gasteiger partial charge < -0.3 is 9.15 Å². The first kappa shape index (κ1) is 14.0. The van der Waals surface area contributed by atoms with Crippen LogP contribution < -0.4 is 10.1 Å². The van der Waals surface area contributed by atoms with Crippen LogP contribution in [0.2, 0.25) is 0 Å². The average Bonchev–Trinajstić information content (AvgIpc) is 2.93. The molecule has 1 aromatic carbocycles. The minimum Gasteiger partial charge on any atom is -0.496 e. The van der Waals surface area contributed by atoms with E-state index in [1.54, 1.807) is 13.2 Å². The standard InChI is InChI=1S/C14H17N3O3/c1-3-4-9-12(18)15-14-17-16-13(20-14)10-7-5-6-8-11(10)19-2/h5-8H,3-4,9H2,1-2H3,(H,15,17,18). The third-order valence-electron chi connectivity index (χ3n) is 2.77. The van der Waals surface area contributed by atoms with E-state index in [1.807, 2.05) is 25.1 Å². The van der Waals surface area contributed by atoms with E-state index in [-0.39, 0.29) is 11.9 Å². The molecule has 0 spiro atoms. The third-order valence-corrected chi connectivity index (χ3v) is 2.77. The predicted molar refractivity (Wildman–Crippen MR) is 74.4 cm³/mol. The summed E-state index contributed by atoms with van der Waals surface area (Å²) in [5.41, 5.74) is 0.691. The second-order valence-corrected chi connectivity index (χ2v) is 4.26. The molecule has 1 N–H and O–H groups in total. The maximum atomic E-state index is 11.6. The molecular weight excluding hydrogens is 258 g/mol. The van der Waals surface area contributed by atoms with E-state index in [4.69, 9.17) is 9.15 Å².